The minimum absolute atomic E-state index is 0.0000983. The lowest BCUT2D eigenvalue weighted by molar-refractivity contribution is 0.143. The van der Waals surface area contributed by atoms with Crippen molar-refractivity contribution in [3.63, 3.8) is 0 Å². The molecule has 2 heteroatoms. The molecule has 1 heterocycles. The van der Waals surface area contributed by atoms with Crippen LogP contribution in [0.1, 0.15) is 49.3 Å². The maximum atomic E-state index is 6.39. The Morgan fingerprint density at radius 1 is 1.41 bits per heavy atom. The third-order valence-electron chi connectivity index (χ3n) is 3.93. The van der Waals surface area contributed by atoms with Gasteiger partial charge in [0.2, 0.25) is 0 Å². The maximum Gasteiger partial charge on any atom is 0.0821 e. The zero-order chi connectivity index (χ0) is 12.5. The van der Waals surface area contributed by atoms with E-state index in [9.17, 15) is 0 Å². The van der Waals surface area contributed by atoms with E-state index in [1.165, 1.54) is 16.7 Å². The van der Waals surface area contributed by atoms with Gasteiger partial charge in [-0.1, -0.05) is 39.0 Å². The normalized spacial score (nSPS) is 20.8. The van der Waals surface area contributed by atoms with Crippen LogP contribution in [0, 0.1) is 0 Å². The van der Waals surface area contributed by atoms with E-state index in [1.807, 2.05) is 0 Å². The second-order valence-corrected chi connectivity index (χ2v) is 5.97. The maximum absolute atomic E-state index is 6.39. The highest BCUT2D eigenvalue weighted by atomic mass is 35.5. The van der Waals surface area contributed by atoms with Crippen LogP contribution in [0.25, 0.3) is 0 Å². The molecule has 1 nitrogen and oxygen atoms in total. The van der Waals surface area contributed by atoms with Crippen molar-refractivity contribution in [3.8, 4) is 0 Å². The van der Waals surface area contributed by atoms with E-state index in [2.05, 4.69) is 39.0 Å². The van der Waals surface area contributed by atoms with Gasteiger partial charge in [-0.3, -0.25) is 0 Å². The first kappa shape index (κ1) is 12.9. The molecule has 0 aromatic heterocycles. The molecule has 0 fully saturated rings. The second-order valence-electron chi connectivity index (χ2n) is 5.44. The van der Waals surface area contributed by atoms with Crippen molar-refractivity contribution in [1.82, 2.24) is 0 Å². The minimum Gasteiger partial charge on any atom is -0.379 e. The van der Waals surface area contributed by atoms with Gasteiger partial charge in [0.15, 0.2) is 0 Å². The van der Waals surface area contributed by atoms with Gasteiger partial charge in [0.05, 0.1) is 18.6 Å². The van der Waals surface area contributed by atoms with E-state index in [0.29, 0.717) is 6.61 Å². The lowest BCUT2D eigenvalue weighted by Gasteiger charge is -2.25. The van der Waals surface area contributed by atoms with Crippen LogP contribution in [-0.4, -0.2) is 13.2 Å². The van der Waals surface area contributed by atoms with Gasteiger partial charge < -0.3 is 4.74 Å². The highest BCUT2D eigenvalue weighted by molar-refractivity contribution is 6.21. The van der Waals surface area contributed by atoms with E-state index in [0.717, 1.165) is 19.4 Å². The number of benzene rings is 1. The van der Waals surface area contributed by atoms with Crippen LogP contribution in [-0.2, 0) is 16.6 Å². The molecule has 94 valence electrons. The summed E-state index contributed by atoms with van der Waals surface area (Å²) in [7, 11) is 0. The molecule has 0 N–H and O–H groups in total. The summed E-state index contributed by atoms with van der Waals surface area (Å²) in [6.45, 7) is 8.21. The van der Waals surface area contributed by atoms with Gasteiger partial charge in [-0.2, -0.15) is 0 Å². The minimum atomic E-state index is 0.0000983. The molecule has 0 saturated heterocycles. The number of ether oxygens (including phenoxy) is 1. The predicted molar refractivity (Wildman–Crippen MR) is 72.9 cm³/mol. The summed E-state index contributed by atoms with van der Waals surface area (Å²) in [6.07, 6.45) is 2.11. The van der Waals surface area contributed by atoms with Crippen LogP contribution < -0.4 is 0 Å². The number of hydrogen-bond acceptors (Lipinski definition) is 1. The average Bonchev–Trinajstić information content (AvgIpc) is 2.51. The third-order valence-corrected chi connectivity index (χ3v) is 4.29. The fraction of sp³-hybridized carbons (Fsp3) is 0.600. The predicted octanol–water partition coefficient (Wildman–Crippen LogP) is 4.23. The van der Waals surface area contributed by atoms with Gasteiger partial charge in [-0.05, 0) is 34.9 Å². The third kappa shape index (κ3) is 2.66. The highest BCUT2D eigenvalue weighted by Crippen LogP contribution is 2.33. The number of rotatable bonds is 2. The Morgan fingerprint density at radius 3 is 2.88 bits per heavy atom. The number of hydrogen-bond donors (Lipinski definition) is 0. The molecule has 1 unspecified atom stereocenters. The SMILES string of the molecule is CCC(C)(C)c1ccc2c(c1)C(Cl)COCC2. The molecule has 1 aliphatic rings. The van der Waals surface area contributed by atoms with Crippen molar-refractivity contribution in [1.29, 1.82) is 0 Å². The summed E-state index contributed by atoms with van der Waals surface area (Å²) >= 11 is 6.39. The smallest absolute Gasteiger partial charge is 0.0821 e. The summed E-state index contributed by atoms with van der Waals surface area (Å²) in [5, 5.41) is 0.0000983. The standard InChI is InChI=1S/C15H21ClO/c1-4-15(2,3)12-6-5-11-7-8-17-10-14(16)13(11)9-12/h5-6,9,14H,4,7-8,10H2,1-3H3. The Morgan fingerprint density at radius 2 is 2.18 bits per heavy atom. The largest absolute Gasteiger partial charge is 0.379 e. The number of fused-ring (bicyclic) bond motifs is 1. The van der Waals surface area contributed by atoms with E-state index in [4.69, 9.17) is 16.3 Å². The second kappa shape index (κ2) is 4.99. The first-order chi connectivity index (χ1) is 8.04. The summed E-state index contributed by atoms with van der Waals surface area (Å²) in [5.74, 6) is 0. The molecule has 0 aliphatic carbocycles. The van der Waals surface area contributed by atoms with E-state index in [-0.39, 0.29) is 10.8 Å². The summed E-state index contributed by atoms with van der Waals surface area (Å²) in [4.78, 5) is 0. The van der Waals surface area contributed by atoms with Gasteiger partial charge in [0.25, 0.3) is 0 Å². The van der Waals surface area contributed by atoms with Crippen LogP contribution in [0.4, 0.5) is 0 Å². The lowest BCUT2D eigenvalue weighted by Crippen LogP contribution is -2.16. The molecular formula is C15H21ClO. The molecule has 1 aromatic rings. The van der Waals surface area contributed by atoms with Gasteiger partial charge in [0, 0.05) is 0 Å². The van der Waals surface area contributed by atoms with Gasteiger partial charge in [-0.25, -0.2) is 0 Å². The summed E-state index contributed by atoms with van der Waals surface area (Å²) < 4.78 is 5.51. The van der Waals surface area contributed by atoms with Crippen molar-refractivity contribution in [2.45, 2.75) is 44.4 Å². The van der Waals surface area contributed by atoms with Gasteiger partial charge in [-0.15, -0.1) is 11.6 Å². The molecule has 0 bridgehead atoms. The number of alkyl halides is 1. The Hall–Kier alpha value is -0.530. The Labute approximate surface area is 109 Å². The topological polar surface area (TPSA) is 9.23 Å². The quantitative estimate of drug-likeness (QED) is 0.716. The fourth-order valence-electron chi connectivity index (χ4n) is 2.20. The van der Waals surface area contributed by atoms with Crippen LogP contribution >= 0.6 is 11.6 Å². The van der Waals surface area contributed by atoms with Crippen LogP contribution in [0.2, 0.25) is 0 Å². The van der Waals surface area contributed by atoms with E-state index >= 15 is 0 Å². The molecule has 0 radical (unpaired) electrons. The molecule has 0 saturated carbocycles. The zero-order valence-electron chi connectivity index (χ0n) is 10.9. The summed E-state index contributed by atoms with van der Waals surface area (Å²) in [5.41, 5.74) is 4.21. The van der Waals surface area contributed by atoms with Crippen LogP contribution in [0.15, 0.2) is 18.2 Å². The fourth-order valence-corrected chi connectivity index (χ4v) is 2.49. The van der Waals surface area contributed by atoms with E-state index < -0.39 is 0 Å². The Kier molecular flexibility index (Phi) is 3.79. The summed E-state index contributed by atoms with van der Waals surface area (Å²) in [6, 6.07) is 6.76. The molecule has 1 aliphatic heterocycles. The highest BCUT2D eigenvalue weighted by Gasteiger charge is 2.22. The molecule has 0 spiro atoms. The Balaban J connectivity index is 2.41. The number of halogens is 1. The van der Waals surface area contributed by atoms with Crippen molar-refractivity contribution < 1.29 is 4.74 Å². The monoisotopic (exact) mass is 252 g/mol. The molecule has 1 atom stereocenters. The van der Waals surface area contributed by atoms with Crippen LogP contribution in [0.5, 0.6) is 0 Å². The molecule has 17 heavy (non-hydrogen) atoms. The zero-order valence-corrected chi connectivity index (χ0v) is 11.7. The van der Waals surface area contributed by atoms with Gasteiger partial charge in [0.1, 0.15) is 0 Å². The Bertz CT molecular complexity index is 398. The lowest BCUT2D eigenvalue weighted by atomic mass is 9.80. The van der Waals surface area contributed by atoms with E-state index in [1.54, 1.807) is 0 Å². The first-order valence-electron chi connectivity index (χ1n) is 6.39. The van der Waals surface area contributed by atoms with Gasteiger partial charge >= 0.3 is 0 Å². The van der Waals surface area contributed by atoms with Crippen molar-refractivity contribution in [3.05, 3.63) is 34.9 Å². The average molecular weight is 253 g/mol. The molecule has 1 aromatic carbocycles. The molecule has 0 amide bonds. The molecular weight excluding hydrogens is 232 g/mol. The molecule has 2 rings (SSSR count). The van der Waals surface area contributed by atoms with Crippen LogP contribution in [0.3, 0.4) is 0 Å². The first-order valence-corrected chi connectivity index (χ1v) is 6.83. The van der Waals surface area contributed by atoms with Crippen molar-refractivity contribution in [2.75, 3.05) is 13.2 Å². The van der Waals surface area contributed by atoms with Crippen molar-refractivity contribution >= 4 is 11.6 Å². The van der Waals surface area contributed by atoms with Crippen molar-refractivity contribution in [2.24, 2.45) is 0 Å².